The van der Waals surface area contributed by atoms with E-state index in [2.05, 4.69) is 138 Å². The van der Waals surface area contributed by atoms with E-state index in [1.807, 2.05) is 0 Å². The number of hydrogen-bond acceptors (Lipinski definition) is 2. The Kier molecular flexibility index (Phi) is 11.5. The van der Waals surface area contributed by atoms with Crippen molar-refractivity contribution < 1.29 is 0 Å². The molecule has 0 aromatic heterocycles. The van der Waals surface area contributed by atoms with Crippen LogP contribution >= 0.6 is 0 Å². The molecule has 1 saturated heterocycles. The van der Waals surface area contributed by atoms with Crippen molar-refractivity contribution in [2.75, 3.05) is 7.05 Å². The van der Waals surface area contributed by atoms with Gasteiger partial charge in [0.15, 0.2) is 0 Å². The van der Waals surface area contributed by atoms with E-state index in [-0.39, 0.29) is 0 Å². The monoisotopic (exact) mass is 700 g/mol. The molecule has 6 heteroatoms. The summed E-state index contributed by atoms with van der Waals surface area (Å²) in [5, 5.41) is 6.13. The van der Waals surface area contributed by atoms with Gasteiger partial charge in [0.05, 0.1) is 0 Å². The van der Waals surface area contributed by atoms with Gasteiger partial charge >= 0.3 is 262 Å². The molecule has 0 unspecified atom stereocenters. The molecule has 2 aromatic rings. The van der Waals surface area contributed by atoms with Gasteiger partial charge in [-0.25, -0.2) is 0 Å². The Balaban J connectivity index is 2.05. The van der Waals surface area contributed by atoms with Crippen molar-refractivity contribution in [2.45, 2.75) is 139 Å². The average Bonchev–Trinajstić information content (AvgIpc) is 2.83. The summed E-state index contributed by atoms with van der Waals surface area (Å²) in [5.74, 6) is 2.29. The minimum atomic E-state index is -1.55. The molecule has 40 heavy (non-hydrogen) atoms. The van der Waals surface area contributed by atoms with Crippen LogP contribution in [0.3, 0.4) is 0 Å². The molecule has 2 aromatic carbocycles. The predicted molar refractivity (Wildman–Crippen MR) is 192 cm³/mol. The summed E-state index contributed by atoms with van der Waals surface area (Å²) >= 11 is -2.90. The van der Waals surface area contributed by atoms with Crippen molar-refractivity contribution in [1.29, 1.82) is 0 Å². The molecule has 0 aliphatic carbocycles. The summed E-state index contributed by atoms with van der Waals surface area (Å²) in [7, 11) is -3.09. The Labute approximate surface area is 260 Å². The summed E-state index contributed by atoms with van der Waals surface area (Å²) in [5.41, 5.74) is 9.77. The van der Waals surface area contributed by atoms with E-state index in [9.17, 15) is 0 Å². The van der Waals surface area contributed by atoms with Crippen molar-refractivity contribution in [3.05, 3.63) is 58.7 Å². The van der Waals surface area contributed by atoms with Crippen LogP contribution in [-0.4, -0.2) is 45.6 Å². The summed E-state index contributed by atoms with van der Waals surface area (Å²) in [6.45, 7) is 35.0. The molecule has 1 heterocycles. The standard InChI is InChI=1S/C34H60Ge2N2Si2/c1-25(2)29-17-15-18-30(26(3)4)33(29)37(39(9,10)11)35-21-23-36(24-22-35)38(40(12,13)14)34-31(27(5)6)19-16-20-32(34)28(7)8/h15-20,25-28H,21-24H2,1-14H3. The third-order valence-corrected chi connectivity index (χ3v) is 38.3. The van der Waals surface area contributed by atoms with Gasteiger partial charge in [-0.15, -0.1) is 0 Å². The van der Waals surface area contributed by atoms with Gasteiger partial charge in [-0.3, -0.25) is 0 Å². The first kappa shape index (κ1) is 34.1. The second kappa shape index (κ2) is 13.5. The fraction of sp³-hybridized carbons (Fsp3) is 0.647. The zero-order chi connectivity index (χ0) is 30.2. The number of anilines is 2. The molecule has 0 saturated carbocycles. The van der Waals surface area contributed by atoms with Crippen LogP contribution in [0, 0.1) is 0 Å². The van der Waals surface area contributed by atoms with E-state index in [0.29, 0.717) is 23.7 Å². The van der Waals surface area contributed by atoms with E-state index < -0.39 is 45.6 Å². The zero-order valence-electron chi connectivity index (χ0n) is 28.5. The van der Waals surface area contributed by atoms with E-state index in [1.165, 1.54) is 21.0 Å². The third kappa shape index (κ3) is 7.55. The van der Waals surface area contributed by atoms with Crippen LogP contribution in [0.1, 0.15) is 101 Å². The molecule has 0 spiro atoms. The molecule has 2 nitrogen and oxygen atoms in total. The minimum absolute atomic E-state index is 0.573. The van der Waals surface area contributed by atoms with Crippen LogP contribution < -0.4 is 7.05 Å². The van der Waals surface area contributed by atoms with Crippen molar-refractivity contribution in [3.8, 4) is 0 Å². The molecule has 0 bridgehead atoms. The van der Waals surface area contributed by atoms with Crippen LogP contribution in [0.25, 0.3) is 0 Å². The molecule has 0 N–H and O–H groups in total. The van der Waals surface area contributed by atoms with Gasteiger partial charge in [-0.1, -0.05) is 0 Å². The number of rotatable bonds is 10. The summed E-state index contributed by atoms with van der Waals surface area (Å²) in [6.07, 6.45) is 0. The van der Waals surface area contributed by atoms with Crippen molar-refractivity contribution in [2.24, 2.45) is 0 Å². The van der Waals surface area contributed by atoms with E-state index in [4.69, 9.17) is 0 Å². The molecule has 3 rings (SSSR count). The Hall–Kier alpha value is -0.441. The molecule has 0 atom stereocenters. The molecule has 1 fully saturated rings. The van der Waals surface area contributed by atoms with E-state index in [0.717, 1.165) is 0 Å². The molecule has 222 valence electrons. The van der Waals surface area contributed by atoms with Crippen LogP contribution in [0.2, 0.25) is 60.3 Å². The fourth-order valence-corrected chi connectivity index (χ4v) is 45.1. The fourth-order valence-electron chi connectivity index (χ4n) is 6.75. The van der Waals surface area contributed by atoms with Gasteiger partial charge in [0.2, 0.25) is 0 Å². The van der Waals surface area contributed by atoms with Crippen LogP contribution in [0.15, 0.2) is 36.4 Å². The first-order valence-corrected chi connectivity index (χ1v) is 30.7. The van der Waals surface area contributed by atoms with Crippen molar-refractivity contribution >= 4 is 57.0 Å². The maximum absolute atomic E-state index is 3.19. The number of para-hydroxylation sites is 2. The van der Waals surface area contributed by atoms with Gasteiger partial charge in [0.1, 0.15) is 0 Å². The topological polar surface area (TPSA) is 6.48 Å². The van der Waals surface area contributed by atoms with E-state index in [1.54, 1.807) is 33.6 Å². The summed E-state index contributed by atoms with van der Waals surface area (Å²) in [6, 6.07) is 14.5. The Morgan fingerprint density at radius 1 is 0.475 bits per heavy atom. The molecule has 1 aliphatic heterocycles. The first-order chi connectivity index (χ1) is 18.5. The maximum atomic E-state index is 3.19. The number of benzene rings is 2. The van der Waals surface area contributed by atoms with Crippen molar-refractivity contribution in [3.63, 3.8) is 0 Å². The van der Waals surface area contributed by atoms with Gasteiger partial charge < -0.3 is 0 Å². The Bertz CT molecular complexity index is 982. The summed E-state index contributed by atoms with van der Waals surface area (Å²) in [4.78, 5) is 0. The van der Waals surface area contributed by atoms with Crippen molar-refractivity contribution in [1.82, 2.24) is 0 Å². The van der Waals surface area contributed by atoms with Gasteiger partial charge in [-0.05, 0) is 0 Å². The van der Waals surface area contributed by atoms with Gasteiger partial charge in [0, 0.05) is 0 Å². The molecular weight excluding hydrogens is 638 g/mol. The average molecular weight is 698 g/mol. The van der Waals surface area contributed by atoms with Gasteiger partial charge in [0.25, 0.3) is 0 Å². The SMILES string of the molecule is CC(C)c1cccc(C(C)C)c1[N]([Ge]1[CH2][CH2][Ge]([N](c2c(C(C)C)cccc2C(C)C)[Si](C)(C)C)[CH2][CH2]1)[Si](C)(C)C. The van der Waals surface area contributed by atoms with Crippen LogP contribution in [0.4, 0.5) is 11.4 Å². The second-order valence-corrected chi connectivity index (χ2v) is 37.6. The Morgan fingerprint density at radius 2 is 0.700 bits per heavy atom. The van der Waals surface area contributed by atoms with Crippen LogP contribution in [0.5, 0.6) is 0 Å². The summed E-state index contributed by atoms with van der Waals surface area (Å²) < 4.78 is 6.38. The molecule has 0 amide bonds. The van der Waals surface area contributed by atoms with Gasteiger partial charge in [-0.2, -0.15) is 0 Å². The van der Waals surface area contributed by atoms with E-state index >= 15 is 0 Å². The quantitative estimate of drug-likeness (QED) is 0.228. The number of hydrogen-bond donors (Lipinski definition) is 0. The first-order valence-electron chi connectivity index (χ1n) is 16.0. The number of nitrogens with zero attached hydrogens (tertiary/aromatic N) is 2. The second-order valence-electron chi connectivity index (χ2n) is 15.3. The Morgan fingerprint density at radius 3 is 0.875 bits per heavy atom. The normalized spacial score (nSPS) is 16.1. The predicted octanol–water partition coefficient (Wildman–Crippen LogP) is 11.2. The zero-order valence-corrected chi connectivity index (χ0v) is 34.7. The third-order valence-electron chi connectivity index (χ3n) is 8.51. The molecular formula is C34H60Ge2N2Si2. The molecule has 1 aliphatic rings. The van der Waals surface area contributed by atoms with Crippen LogP contribution in [-0.2, 0) is 0 Å². The molecule has 2 radical (unpaired) electrons.